The highest BCUT2D eigenvalue weighted by Crippen LogP contribution is 2.12. The van der Waals surface area contributed by atoms with Crippen molar-refractivity contribution in [2.24, 2.45) is 0 Å². The summed E-state index contributed by atoms with van der Waals surface area (Å²) < 4.78 is 10.0. The molecule has 0 fully saturated rings. The summed E-state index contributed by atoms with van der Waals surface area (Å²) in [6.07, 6.45) is 0.263. The Balaban J connectivity index is 1.84. The third kappa shape index (κ3) is 5.55. The molecule has 7 heteroatoms. The summed E-state index contributed by atoms with van der Waals surface area (Å²) in [5, 5.41) is 13.7. The van der Waals surface area contributed by atoms with Gasteiger partial charge in [-0.3, -0.25) is 4.79 Å². The van der Waals surface area contributed by atoms with Crippen molar-refractivity contribution in [3.05, 3.63) is 42.0 Å². The van der Waals surface area contributed by atoms with Gasteiger partial charge in [0.2, 0.25) is 5.91 Å². The summed E-state index contributed by atoms with van der Waals surface area (Å²) in [5.41, 5.74) is 0.897. The van der Waals surface area contributed by atoms with E-state index in [9.17, 15) is 4.79 Å². The van der Waals surface area contributed by atoms with E-state index in [2.05, 4.69) is 20.8 Å². The Kier molecular flexibility index (Phi) is 6.31. The zero-order chi connectivity index (χ0) is 16.5. The van der Waals surface area contributed by atoms with E-state index in [0.717, 1.165) is 11.3 Å². The summed E-state index contributed by atoms with van der Waals surface area (Å²) in [7, 11) is 3.24. The third-order valence-corrected chi connectivity index (χ3v) is 3.07. The van der Waals surface area contributed by atoms with Crippen molar-refractivity contribution >= 4 is 17.5 Å². The number of amides is 1. The summed E-state index contributed by atoms with van der Waals surface area (Å²) in [6, 6.07) is 10.8. The number of hydrogen-bond acceptors (Lipinski definition) is 6. The number of carbonyl (C=O) groups excluding carboxylic acids is 1. The number of nitrogens with zero attached hydrogens (tertiary/aromatic N) is 2. The molecule has 0 saturated carbocycles. The molecule has 0 radical (unpaired) electrons. The maximum Gasteiger partial charge on any atom is 0.229 e. The van der Waals surface area contributed by atoms with E-state index < -0.39 is 0 Å². The molecule has 23 heavy (non-hydrogen) atoms. The SMILES string of the molecule is COCCNc1ccc(NC(=O)Cc2ccc(OC)cc2)nn1. The number of nitrogens with one attached hydrogen (secondary N) is 2. The van der Waals surface area contributed by atoms with Gasteiger partial charge in [0.1, 0.15) is 11.6 Å². The van der Waals surface area contributed by atoms with Gasteiger partial charge in [0.15, 0.2) is 5.82 Å². The van der Waals surface area contributed by atoms with E-state index in [0.29, 0.717) is 24.8 Å². The van der Waals surface area contributed by atoms with Gasteiger partial charge < -0.3 is 20.1 Å². The van der Waals surface area contributed by atoms with Gasteiger partial charge in [0.05, 0.1) is 20.1 Å². The maximum atomic E-state index is 12.0. The highest BCUT2D eigenvalue weighted by Gasteiger charge is 2.06. The average molecular weight is 316 g/mol. The fourth-order valence-electron chi connectivity index (χ4n) is 1.89. The molecule has 1 aromatic heterocycles. The third-order valence-electron chi connectivity index (χ3n) is 3.07. The molecule has 0 atom stereocenters. The molecule has 0 aliphatic carbocycles. The van der Waals surface area contributed by atoms with Gasteiger partial charge >= 0.3 is 0 Å². The normalized spacial score (nSPS) is 10.2. The first-order valence-corrected chi connectivity index (χ1v) is 7.20. The van der Waals surface area contributed by atoms with Crippen LogP contribution in [0.15, 0.2) is 36.4 Å². The van der Waals surface area contributed by atoms with Crippen LogP contribution in [0, 0.1) is 0 Å². The van der Waals surface area contributed by atoms with Gasteiger partial charge in [0.25, 0.3) is 0 Å². The van der Waals surface area contributed by atoms with Crippen LogP contribution in [0.4, 0.5) is 11.6 Å². The number of hydrogen-bond donors (Lipinski definition) is 2. The highest BCUT2D eigenvalue weighted by atomic mass is 16.5. The lowest BCUT2D eigenvalue weighted by atomic mass is 10.1. The molecule has 0 bridgehead atoms. The smallest absolute Gasteiger partial charge is 0.229 e. The molecule has 7 nitrogen and oxygen atoms in total. The van der Waals surface area contributed by atoms with Crippen molar-refractivity contribution in [3.8, 4) is 5.75 Å². The van der Waals surface area contributed by atoms with Gasteiger partial charge in [-0.1, -0.05) is 12.1 Å². The Morgan fingerprint density at radius 2 is 1.74 bits per heavy atom. The van der Waals surface area contributed by atoms with Gasteiger partial charge in [-0.2, -0.15) is 0 Å². The van der Waals surface area contributed by atoms with E-state index in [-0.39, 0.29) is 12.3 Å². The monoisotopic (exact) mass is 316 g/mol. The quantitative estimate of drug-likeness (QED) is 0.721. The summed E-state index contributed by atoms with van der Waals surface area (Å²) in [5.74, 6) is 1.66. The molecule has 2 N–H and O–H groups in total. The van der Waals surface area contributed by atoms with E-state index in [1.165, 1.54) is 0 Å². The molecule has 1 aromatic carbocycles. The van der Waals surface area contributed by atoms with Crippen molar-refractivity contribution in [1.82, 2.24) is 10.2 Å². The Morgan fingerprint density at radius 3 is 2.35 bits per heavy atom. The topological polar surface area (TPSA) is 85.4 Å². The Hall–Kier alpha value is -2.67. The second kappa shape index (κ2) is 8.70. The molecule has 0 aliphatic rings. The first kappa shape index (κ1) is 16.7. The lowest BCUT2D eigenvalue weighted by molar-refractivity contribution is -0.115. The second-order valence-electron chi connectivity index (χ2n) is 4.80. The number of benzene rings is 1. The van der Waals surface area contributed by atoms with Crippen molar-refractivity contribution < 1.29 is 14.3 Å². The Labute approximate surface area is 135 Å². The molecule has 0 saturated heterocycles. The number of rotatable bonds is 8. The van der Waals surface area contributed by atoms with Crippen molar-refractivity contribution in [1.29, 1.82) is 0 Å². The minimum atomic E-state index is -0.149. The van der Waals surface area contributed by atoms with Gasteiger partial charge in [0, 0.05) is 13.7 Å². The molecule has 122 valence electrons. The number of carbonyl (C=O) groups is 1. The molecule has 0 spiro atoms. The van der Waals surface area contributed by atoms with Gasteiger partial charge in [-0.05, 0) is 29.8 Å². The molecule has 1 amide bonds. The minimum absolute atomic E-state index is 0.149. The summed E-state index contributed by atoms with van der Waals surface area (Å²) in [6.45, 7) is 1.23. The van der Waals surface area contributed by atoms with Crippen molar-refractivity contribution in [3.63, 3.8) is 0 Å². The van der Waals surface area contributed by atoms with Gasteiger partial charge in [-0.25, -0.2) is 0 Å². The molecule has 2 rings (SSSR count). The number of ether oxygens (including phenoxy) is 2. The van der Waals surface area contributed by atoms with Crippen LogP contribution in [-0.2, 0) is 16.0 Å². The zero-order valence-corrected chi connectivity index (χ0v) is 13.2. The largest absolute Gasteiger partial charge is 0.497 e. The Morgan fingerprint density at radius 1 is 1.04 bits per heavy atom. The van der Waals surface area contributed by atoms with Crippen LogP contribution in [-0.4, -0.2) is 43.5 Å². The lowest BCUT2D eigenvalue weighted by Crippen LogP contribution is -2.16. The number of anilines is 2. The fraction of sp³-hybridized carbons (Fsp3) is 0.312. The second-order valence-corrected chi connectivity index (χ2v) is 4.80. The maximum absolute atomic E-state index is 12.0. The van der Waals surface area contributed by atoms with Crippen LogP contribution >= 0.6 is 0 Å². The molecule has 0 unspecified atom stereocenters. The Bertz CT molecular complexity index is 614. The van der Waals surface area contributed by atoms with Crippen LogP contribution in [0.3, 0.4) is 0 Å². The lowest BCUT2D eigenvalue weighted by Gasteiger charge is -2.07. The average Bonchev–Trinajstić information content (AvgIpc) is 2.57. The summed E-state index contributed by atoms with van der Waals surface area (Å²) >= 11 is 0. The van der Waals surface area contributed by atoms with Crippen LogP contribution in [0.5, 0.6) is 5.75 Å². The van der Waals surface area contributed by atoms with Gasteiger partial charge in [-0.15, -0.1) is 10.2 Å². The van der Waals surface area contributed by atoms with E-state index in [1.807, 2.05) is 24.3 Å². The zero-order valence-electron chi connectivity index (χ0n) is 13.2. The van der Waals surface area contributed by atoms with E-state index in [1.54, 1.807) is 26.4 Å². The number of aromatic nitrogens is 2. The molecule has 2 aromatic rings. The highest BCUT2D eigenvalue weighted by molar-refractivity contribution is 5.91. The van der Waals surface area contributed by atoms with Crippen LogP contribution in [0.1, 0.15) is 5.56 Å². The van der Waals surface area contributed by atoms with Crippen molar-refractivity contribution in [2.75, 3.05) is 38.0 Å². The van der Waals surface area contributed by atoms with E-state index >= 15 is 0 Å². The predicted octanol–water partition coefficient (Wildman–Crippen LogP) is 1.72. The van der Waals surface area contributed by atoms with Crippen LogP contribution in [0.25, 0.3) is 0 Å². The first-order chi connectivity index (χ1) is 11.2. The standard InChI is InChI=1S/C16H20N4O3/c1-22-10-9-17-14-7-8-15(20-19-14)18-16(21)11-12-3-5-13(23-2)6-4-12/h3-8H,9-11H2,1-2H3,(H,17,19)(H,18,20,21). The molecular weight excluding hydrogens is 296 g/mol. The van der Waals surface area contributed by atoms with E-state index in [4.69, 9.17) is 9.47 Å². The first-order valence-electron chi connectivity index (χ1n) is 7.20. The minimum Gasteiger partial charge on any atom is -0.497 e. The van der Waals surface area contributed by atoms with Crippen LogP contribution < -0.4 is 15.4 Å². The van der Waals surface area contributed by atoms with Crippen LogP contribution in [0.2, 0.25) is 0 Å². The predicted molar refractivity (Wildman–Crippen MR) is 87.7 cm³/mol. The fourth-order valence-corrected chi connectivity index (χ4v) is 1.89. The number of methoxy groups -OCH3 is 2. The molecule has 1 heterocycles. The molecule has 0 aliphatic heterocycles. The summed E-state index contributed by atoms with van der Waals surface area (Å²) in [4.78, 5) is 12.0. The van der Waals surface area contributed by atoms with Crippen molar-refractivity contribution in [2.45, 2.75) is 6.42 Å². The molecular formula is C16H20N4O3.